The summed E-state index contributed by atoms with van der Waals surface area (Å²) in [5.41, 5.74) is 21.6. The van der Waals surface area contributed by atoms with Crippen molar-refractivity contribution >= 4 is 43.6 Å². The molecule has 0 radical (unpaired) electrons. The number of hydrogen-bond donors (Lipinski definition) is 0. The molecule has 0 unspecified atom stereocenters. The van der Waals surface area contributed by atoms with E-state index in [1.165, 1.54) is 6.07 Å². The second-order valence-electron chi connectivity index (χ2n) is 21.5. The van der Waals surface area contributed by atoms with Crippen LogP contribution < -0.4 is 0 Å². The molecule has 7 heteroatoms. The molecule has 378 valence electrons. The Hall–Kier alpha value is -9.43. The van der Waals surface area contributed by atoms with Gasteiger partial charge in [-0.2, -0.15) is 23.7 Å². The van der Waals surface area contributed by atoms with Gasteiger partial charge in [-0.1, -0.05) is 172 Å². The van der Waals surface area contributed by atoms with Crippen LogP contribution in [-0.2, 0) is 6.18 Å². The zero-order valence-electron chi connectivity index (χ0n) is 44.7. The molecule has 0 fully saturated rings. The number of aryl methyl sites for hydroxylation is 8. The lowest BCUT2D eigenvalue weighted by Gasteiger charge is -2.20. The van der Waals surface area contributed by atoms with E-state index in [9.17, 15) is 23.7 Å². The molecule has 0 saturated carbocycles. The van der Waals surface area contributed by atoms with Crippen molar-refractivity contribution in [1.82, 2.24) is 9.13 Å². The van der Waals surface area contributed by atoms with E-state index in [1.807, 2.05) is 12.1 Å². The highest BCUT2D eigenvalue weighted by Gasteiger charge is 2.32. The minimum atomic E-state index is -4.70. The van der Waals surface area contributed by atoms with E-state index in [2.05, 4.69) is 222 Å². The normalized spacial score (nSPS) is 11.8. The van der Waals surface area contributed by atoms with Crippen LogP contribution in [0.3, 0.4) is 0 Å². The Morgan fingerprint density at radius 2 is 0.628 bits per heavy atom. The van der Waals surface area contributed by atoms with Crippen LogP contribution in [0.5, 0.6) is 0 Å². The average molecular weight is 1020 g/mol. The van der Waals surface area contributed by atoms with Crippen LogP contribution in [0, 0.1) is 78.1 Å². The van der Waals surface area contributed by atoms with E-state index >= 15 is 0 Å². The molecule has 10 aromatic carbocycles. The minimum Gasteiger partial charge on any atom is -0.309 e. The third kappa shape index (κ3) is 8.68. The molecule has 0 saturated heterocycles. The highest BCUT2D eigenvalue weighted by molar-refractivity contribution is 6.13. The van der Waals surface area contributed by atoms with Gasteiger partial charge in [0.2, 0.25) is 0 Å². The molecule has 78 heavy (non-hydrogen) atoms. The lowest BCUT2D eigenvalue weighted by atomic mass is 9.94. The number of hydrogen-bond acceptors (Lipinski definition) is 2. The van der Waals surface area contributed by atoms with Crippen molar-refractivity contribution in [2.24, 2.45) is 0 Å². The topological polar surface area (TPSA) is 57.4 Å². The molecule has 0 amide bonds. The van der Waals surface area contributed by atoms with Gasteiger partial charge in [0.05, 0.1) is 56.2 Å². The minimum absolute atomic E-state index is 0.147. The number of alkyl halides is 3. The van der Waals surface area contributed by atoms with Crippen LogP contribution in [0.1, 0.15) is 61.2 Å². The number of aromatic nitrogens is 2. The summed E-state index contributed by atoms with van der Waals surface area (Å²) >= 11 is 0. The Bertz CT molecular complexity index is 4310. The zero-order valence-corrected chi connectivity index (χ0v) is 44.7. The molecule has 0 aliphatic carbocycles. The second-order valence-corrected chi connectivity index (χ2v) is 21.5. The Morgan fingerprint density at radius 1 is 0.308 bits per heavy atom. The largest absolute Gasteiger partial charge is 0.416 e. The van der Waals surface area contributed by atoms with Gasteiger partial charge in [-0.05, 0) is 148 Å². The second kappa shape index (κ2) is 18.7. The number of halogens is 3. The van der Waals surface area contributed by atoms with Crippen LogP contribution in [0.4, 0.5) is 13.2 Å². The van der Waals surface area contributed by atoms with Crippen molar-refractivity contribution in [3.63, 3.8) is 0 Å². The molecule has 0 bridgehead atoms. The molecule has 0 N–H and O–H groups in total. The number of fused-ring (bicyclic) bond motifs is 6. The third-order valence-electron chi connectivity index (χ3n) is 15.2. The van der Waals surface area contributed by atoms with Gasteiger partial charge in [0.25, 0.3) is 0 Å². The summed E-state index contributed by atoms with van der Waals surface area (Å²) in [5.74, 6) is 0. The maximum absolute atomic E-state index is 14.6. The molecule has 2 heterocycles. The van der Waals surface area contributed by atoms with Crippen LogP contribution in [0.15, 0.2) is 176 Å². The summed E-state index contributed by atoms with van der Waals surface area (Å²) in [4.78, 5) is 0. The van der Waals surface area contributed by atoms with Crippen molar-refractivity contribution in [3.8, 4) is 79.1 Å². The standard InChI is InChI=1S/C71H53F3N4/c1-40-19-41(2)24-52(23-40)48-9-14-60-61-15-10-49(53-25-42(3)20-43(4)26-53)33-67(61)77(66(60)32-48)65-37-64(59-18-13-58(71(72,73)74)31-56(59)38-75)70(36-57(65)39-76)78-68-34-50(54-27-44(5)21-45(6)28-54)11-16-62(68)63-17-12-51(35-69(63)78)55-29-46(7)22-47(8)30-55/h9-37H,1-8H3. The quantitative estimate of drug-likeness (QED) is 0.160. The van der Waals surface area contributed by atoms with Gasteiger partial charge < -0.3 is 9.13 Å². The summed E-state index contributed by atoms with van der Waals surface area (Å²) in [7, 11) is 0. The van der Waals surface area contributed by atoms with Crippen molar-refractivity contribution in [2.75, 3.05) is 0 Å². The summed E-state index contributed by atoms with van der Waals surface area (Å²) in [6, 6.07) is 63.7. The van der Waals surface area contributed by atoms with E-state index in [-0.39, 0.29) is 5.56 Å². The maximum atomic E-state index is 14.6. The SMILES string of the molecule is Cc1cc(C)cc(-c2ccc3c4ccc(-c5cc(C)cc(C)c5)cc4n(-c4cc(-c5ccc(C(F)(F)F)cc5C#N)c(-n5c6cc(-c7cc(C)cc(C)c7)ccc6c6ccc(-c7cc(C)cc(C)c7)cc65)cc4C#N)c3c2)c1. The Labute approximate surface area is 452 Å². The van der Waals surface area contributed by atoms with Crippen LogP contribution in [-0.4, -0.2) is 9.13 Å². The van der Waals surface area contributed by atoms with Crippen molar-refractivity contribution in [1.29, 1.82) is 10.5 Å². The first-order valence-corrected chi connectivity index (χ1v) is 26.1. The van der Waals surface area contributed by atoms with Gasteiger partial charge in [-0.25, -0.2) is 0 Å². The van der Waals surface area contributed by atoms with E-state index in [0.717, 1.165) is 145 Å². The molecule has 12 aromatic rings. The summed E-state index contributed by atoms with van der Waals surface area (Å²) in [6.07, 6.45) is -4.70. The van der Waals surface area contributed by atoms with Gasteiger partial charge in [-0.3, -0.25) is 0 Å². The maximum Gasteiger partial charge on any atom is 0.416 e. The summed E-state index contributed by atoms with van der Waals surface area (Å²) < 4.78 is 48.2. The number of rotatable bonds is 7. The van der Waals surface area contributed by atoms with Crippen molar-refractivity contribution < 1.29 is 13.2 Å². The number of nitrogens with zero attached hydrogens (tertiary/aromatic N) is 4. The monoisotopic (exact) mass is 1020 g/mol. The number of nitriles is 2. The van der Waals surface area contributed by atoms with Crippen LogP contribution in [0.25, 0.3) is 111 Å². The van der Waals surface area contributed by atoms with E-state index < -0.39 is 11.7 Å². The molecule has 2 aromatic heterocycles. The first kappa shape index (κ1) is 49.4. The third-order valence-corrected chi connectivity index (χ3v) is 15.2. The van der Waals surface area contributed by atoms with Crippen LogP contribution in [0.2, 0.25) is 0 Å². The first-order valence-electron chi connectivity index (χ1n) is 26.1. The summed E-state index contributed by atoms with van der Waals surface area (Å²) in [5, 5.41) is 26.5. The molecule has 0 aliphatic heterocycles. The van der Waals surface area contributed by atoms with Crippen molar-refractivity contribution in [3.05, 3.63) is 237 Å². The molecule has 0 atom stereocenters. The molecular weight excluding hydrogens is 966 g/mol. The van der Waals surface area contributed by atoms with Gasteiger partial charge >= 0.3 is 6.18 Å². The van der Waals surface area contributed by atoms with Gasteiger partial charge in [-0.15, -0.1) is 0 Å². The predicted molar refractivity (Wildman–Crippen MR) is 315 cm³/mol. The fourth-order valence-electron chi connectivity index (χ4n) is 12.1. The Balaban J connectivity index is 1.23. The highest BCUT2D eigenvalue weighted by Crippen LogP contribution is 2.45. The lowest BCUT2D eigenvalue weighted by Crippen LogP contribution is -2.07. The Kier molecular flexibility index (Phi) is 11.8. The molecule has 12 rings (SSSR count). The average Bonchev–Trinajstić information content (AvgIpc) is 4.11. The fourth-order valence-corrected chi connectivity index (χ4v) is 12.1. The molecule has 0 spiro atoms. The first-order chi connectivity index (χ1) is 37.4. The van der Waals surface area contributed by atoms with Gasteiger partial charge in [0, 0.05) is 32.7 Å². The number of benzene rings is 10. The molecule has 0 aliphatic rings. The summed E-state index contributed by atoms with van der Waals surface area (Å²) in [6.45, 7) is 16.7. The Morgan fingerprint density at radius 3 is 0.936 bits per heavy atom. The fraction of sp³-hybridized carbons (Fsp3) is 0.127. The van der Waals surface area contributed by atoms with E-state index in [1.54, 1.807) is 0 Å². The van der Waals surface area contributed by atoms with Crippen LogP contribution >= 0.6 is 0 Å². The zero-order chi connectivity index (χ0) is 54.5. The smallest absolute Gasteiger partial charge is 0.309 e. The van der Waals surface area contributed by atoms with E-state index in [0.29, 0.717) is 28.1 Å². The van der Waals surface area contributed by atoms with Gasteiger partial charge in [0.1, 0.15) is 6.07 Å². The van der Waals surface area contributed by atoms with E-state index in [4.69, 9.17) is 0 Å². The molecule has 4 nitrogen and oxygen atoms in total. The molecular formula is C71H53F3N4. The predicted octanol–water partition coefficient (Wildman–Crippen LogP) is 19.4. The van der Waals surface area contributed by atoms with Gasteiger partial charge in [0.15, 0.2) is 0 Å². The van der Waals surface area contributed by atoms with Crippen molar-refractivity contribution in [2.45, 2.75) is 61.6 Å². The highest BCUT2D eigenvalue weighted by atomic mass is 19.4. The lowest BCUT2D eigenvalue weighted by molar-refractivity contribution is -0.137.